The number of carbonyl (C=O) groups excluding carboxylic acids is 1. The quantitative estimate of drug-likeness (QED) is 0.772. The molecule has 0 bridgehead atoms. The molecule has 0 aliphatic carbocycles. The molecule has 0 fully saturated rings. The summed E-state index contributed by atoms with van der Waals surface area (Å²) in [6.45, 7) is 0. The second kappa shape index (κ2) is 6.58. The molecule has 0 saturated carbocycles. The standard InChI is InChI=1S/C14H8BrClF3NO2/c15-9-3-6-12(11(16)7-9)20-13(21)8-1-4-10(5-2-8)22-14(17,18)19/h1-7H,(H,20,21). The highest BCUT2D eigenvalue weighted by Gasteiger charge is 2.31. The average Bonchev–Trinajstić information content (AvgIpc) is 2.41. The fraction of sp³-hybridized carbons (Fsp3) is 0.0714. The highest BCUT2D eigenvalue weighted by Crippen LogP contribution is 2.27. The number of hydrogen-bond donors (Lipinski definition) is 1. The van der Waals surface area contributed by atoms with E-state index in [4.69, 9.17) is 11.6 Å². The third-order valence-electron chi connectivity index (χ3n) is 2.53. The first-order valence-corrected chi connectivity index (χ1v) is 7.04. The second-order valence-electron chi connectivity index (χ2n) is 4.15. The minimum Gasteiger partial charge on any atom is -0.406 e. The first-order valence-electron chi connectivity index (χ1n) is 5.87. The van der Waals surface area contributed by atoms with Crippen LogP contribution in [0.2, 0.25) is 5.02 Å². The van der Waals surface area contributed by atoms with Gasteiger partial charge in [0.1, 0.15) is 5.75 Å². The normalized spacial score (nSPS) is 11.1. The summed E-state index contributed by atoms with van der Waals surface area (Å²) in [5.74, 6) is -0.895. The van der Waals surface area contributed by atoms with Crippen molar-refractivity contribution in [1.29, 1.82) is 0 Å². The molecule has 22 heavy (non-hydrogen) atoms. The molecule has 0 heterocycles. The third kappa shape index (κ3) is 4.64. The zero-order valence-electron chi connectivity index (χ0n) is 10.7. The van der Waals surface area contributed by atoms with Gasteiger partial charge in [0.15, 0.2) is 0 Å². The van der Waals surface area contributed by atoms with Crippen molar-refractivity contribution < 1.29 is 22.7 Å². The Hall–Kier alpha value is -1.73. The van der Waals surface area contributed by atoms with Crippen molar-refractivity contribution in [3.8, 4) is 5.75 Å². The lowest BCUT2D eigenvalue weighted by molar-refractivity contribution is -0.274. The number of ether oxygens (including phenoxy) is 1. The van der Waals surface area contributed by atoms with Crippen LogP contribution in [0.3, 0.4) is 0 Å². The molecule has 8 heteroatoms. The number of amides is 1. The Morgan fingerprint density at radius 3 is 2.32 bits per heavy atom. The summed E-state index contributed by atoms with van der Waals surface area (Å²) in [6, 6.07) is 9.48. The van der Waals surface area contributed by atoms with Crippen LogP contribution in [0.1, 0.15) is 10.4 Å². The Morgan fingerprint density at radius 1 is 1.14 bits per heavy atom. The van der Waals surface area contributed by atoms with Gasteiger partial charge in [0.05, 0.1) is 10.7 Å². The topological polar surface area (TPSA) is 38.3 Å². The first kappa shape index (κ1) is 16.6. The molecule has 1 N–H and O–H groups in total. The van der Waals surface area contributed by atoms with Gasteiger partial charge in [-0.1, -0.05) is 27.5 Å². The molecule has 0 atom stereocenters. The van der Waals surface area contributed by atoms with Gasteiger partial charge in [-0.2, -0.15) is 0 Å². The molecule has 1 amide bonds. The fourth-order valence-corrected chi connectivity index (χ4v) is 2.31. The third-order valence-corrected chi connectivity index (χ3v) is 3.34. The van der Waals surface area contributed by atoms with Crippen LogP contribution in [0.5, 0.6) is 5.75 Å². The Bertz CT molecular complexity index is 689. The van der Waals surface area contributed by atoms with Gasteiger partial charge in [-0.05, 0) is 42.5 Å². The molecule has 2 aromatic carbocycles. The number of hydrogen-bond acceptors (Lipinski definition) is 2. The predicted octanol–water partition coefficient (Wildman–Crippen LogP) is 5.25. The first-order chi connectivity index (χ1) is 10.2. The van der Waals surface area contributed by atoms with Crippen LogP contribution < -0.4 is 10.1 Å². The summed E-state index contributed by atoms with van der Waals surface area (Å²) in [6.07, 6.45) is -4.77. The summed E-state index contributed by atoms with van der Waals surface area (Å²) in [4.78, 5) is 12.0. The van der Waals surface area contributed by atoms with Crippen molar-refractivity contribution in [2.75, 3.05) is 5.32 Å². The second-order valence-corrected chi connectivity index (χ2v) is 5.47. The summed E-state index contributed by atoms with van der Waals surface area (Å²) < 4.78 is 40.6. The van der Waals surface area contributed by atoms with Crippen molar-refractivity contribution in [3.05, 3.63) is 57.5 Å². The van der Waals surface area contributed by atoms with E-state index >= 15 is 0 Å². The molecule has 116 valence electrons. The Balaban J connectivity index is 2.10. The Kier molecular flexibility index (Phi) is 4.97. The maximum atomic E-state index is 12.0. The predicted molar refractivity (Wildman–Crippen MR) is 80.2 cm³/mol. The number of carbonyl (C=O) groups is 1. The SMILES string of the molecule is O=C(Nc1ccc(Br)cc1Cl)c1ccc(OC(F)(F)F)cc1. The molecule has 0 saturated heterocycles. The van der Waals surface area contributed by atoms with Gasteiger partial charge in [0, 0.05) is 10.0 Å². The monoisotopic (exact) mass is 393 g/mol. The van der Waals surface area contributed by atoms with Crippen LogP contribution in [0, 0.1) is 0 Å². The largest absolute Gasteiger partial charge is 0.573 e. The van der Waals surface area contributed by atoms with Crippen molar-refractivity contribution in [1.82, 2.24) is 0 Å². The number of rotatable bonds is 3. The minimum absolute atomic E-state index is 0.175. The molecular formula is C14H8BrClF3NO2. The Labute approximate surface area is 137 Å². The van der Waals surface area contributed by atoms with Gasteiger partial charge in [-0.15, -0.1) is 13.2 Å². The lowest BCUT2D eigenvalue weighted by Crippen LogP contribution is -2.17. The van der Waals surface area contributed by atoms with E-state index in [1.54, 1.807) is 18.2 Å². The number of alkyl halides is 3. The summed E-state index contributed by atoms with van der Waals surface area (Å²) in [7, 11) is 0. The molecule has 3 nitrogen and oxygen atoms in total. The van der Waals surface area contributed by atoms with E-state index in [0.717, 1.165) is 16.6 Å². The van der Waals surface area contributed by atoms with Gasteiger partial charge in [-0.3, -0.25) is 4.79 Å². The van der Waals surface area contributed by atoms with E-state index in [1.165, 1.54) is 12.1 Å². The van der Waals surface area contributed by atoms with Crippen LogP contribution >= 0.6 is 27.5 Å². The van der Waals surface area contributed by atoms with Crippen LogP contribution in [0.4, 0.5) is 18.9 Å². The molecule has 0 aromatic heterocycles. The highest BCUT2D eigenvalue weighted by atomic mass is 79.9. The lowest BCUT2D eigenvalue weighted by atomic mass is 10.2. The van der Waals surface area contributed by atoms with E-state index in [1.807, 2.05) is 0 Å². The highest BCUT2D eigenvalue weighted by molar-refractivity contribution is 9.10. The van der Waals surface area contributed by atoms with Gasteiger partial charge in [0.25, 0.3) is 5.91 Å². The number of anilines is 1. The molecule has 0 unspecified atom stereocenters. The molecule has 0 radical (unpaired) electrons. The zero-order chi connectivity index (χ0) is 16.3. The Morgan fingerprint density at radius 2 is 1.77 bits per heavy atom. The lowest BCUT2D eigenvalue weighted by Gasteiger charge is -2.10. The summed E-state index contributed by atoms with van der Waals surface area (Å²) in [5.41, 5.74) is 0.569. The van der Waals surface area contributed by atoms with Gasteiger partial charge < -0.3 is 10.1 Å². The molecule has 2 rings (SSSR count). The molecular weight excluding hydrogens is 387 g/mol. The fourth-order valence-electron chi connectivity index (χ4n) is 1.59. The molecule has 0 spiro atoms. The smallest absolute Gasteiger partial charge is 0.406 e. The number of benzene rings is 2. The van der Waals surface area contributed by atoms with E-state index in [-0.39, 0.29) is 5.56 Å². The zero-order valence-corrected chi connectivity index (χ0v) is 13.1. The maximum absolute atomic E-state index is 12.0. The van der Waals surface area contributed by atoms with Crippen LogP contribution in [-0.2, 0) is 0 Å². The molecule has 2 aromatic rings. The van der Waals surface area contributed by atoms with Gasteiger partial charge in [-0.25, -0.2) is 0 Å². The van der Waals surface area contributed by atoms with Crippen LogP contribution in [0.25, 0.3) is 0 Å². The van der Waals surface area contributed by atoms with Gasteiger partial charge in [0.2, 0.25) is 0 Å². The van der Waals surface area contributed by atoms with Gasteiger partial charge >= 0.3 is 6.36 Å². The van der Waals surface area contributed by atoms with Crippen molar-refractivity contribution >= 4 is 39.1 Å². The van der Waals surface area contributed by atoms with Crippen LogP contribution in [0.15, 0.2) is 46.9 Å². The van der Waals surface area contributed by atoms with E-state index < -0.39 is 18.0 Å². The maximum Gasteiger partial charge on any atom is 0.573 e. The minimum atomic E-state index is -4.77. The summed E-state index contributed by atoms with van der Waals surface area (Å²) in [5, 5.41) is 2.90. The van der Waals surface area contributed by atoms with Crippen molar-refractivity contribution in [2.45, 2.75) is 6.36 Å². The average molecular weight is 395 g/mol. The van der Waals surface area contributed by atoms with Crippen molar-refractivity contribution in [3.63, 3.8) is 0 Å². The molecule has 0 aliphatic rings. The van der Waals surface area contributed by atoms with E-state index in [2.05, 4.69) is 26.0 Å². The van der Waals surface area contributed by atoms with Crippen molar-refractivity contribution in [2.24, 2.45) is 0 Å². The molecule has 0 aliphatic heterocycles. The van der Waals surface area contributed by atoms with E-state index in [9.17, 15) is 18.0 Å². The van der Waals surface area contributed by atoms with Crippen LogP contribution in [-0.4, -0.2) is 12.3 Å². The number of halogens is 5. The van der Waals surface area contributed by atoms with E-state index in [0.29, 0.717) is 10.7 Å². The number of nitrogens with one attached hydrogen (secondary N) is 1. The summed E-state index contributed by atoms with van der Waals surface area (Å²) >= 11 is 9.21.